The number of rotatable bonds is 9. The van der Waals surface area contributed by atoms with E-state index in [0.717, 1.165) is 0 Å². The maximum Gasteiger partial charge on any atom is 0.411 e. The average Bonchev–Trinajstić information content (AvgIpc) is 2.83. The summed E-state index contributed by atoms with van der Waals surface area (Å²) < 4.78 is 4.89. The normalized spacial score (nSPS) is 10.4. The molecule has 0 heterocycles. The van der Waals surface area contributed by atoms with E-state index >= 15 is 0 Å². The van der Waals surface area contributed by atoms with Gasteiger partial charge in [0.1, 0.15) is 0 Å². The predicted molar refractivity (Wildman–Crippen MR) is 136 cm³/mol. The van der Waals surface area contributed by atoms with Crippen LogP contribution in [-0.2, 0) is 4.74 Å². The number of anilines is 3. The number of halogens is 1. The largest absolute Gasteiger partial charge is 0.450 e. The number of nitrogens with one attached hydrogen (secondary N) is 3. The van der Waals surface area contributed by atoms with E-state index in [1.165, 1.54) is 6.07 Å². The Labute approximate surface area is 208 Å². The molecule has 0 aliphatic rings. The van der Waals surface area contributed by atoms with Crippen molar-refractivity contribution in [2.45, 2.75) is 13.8 Å². The fourth-order valence-corrected chi connectivity index (χ4v) is 3.59. The summed E-state index contributed by atoms with van der Waals surface area (Å²) in [5.74, 6) is -0.685. The molecule has 35 heavy (non-hydrogen) atoms. The van der Waals surface area contributed by atoms with Crippen molar-refractivity contribution in [3.05, 3.63) is 87.9 Å². The van der Waals surface area contributed by atoms with Gasteiger partial charge in [-0.05, 0) is 67.9 Å². The van der Waals surface area contributed by atoms with Crippen LogP contribution in [0.3, 0.4) is 0 Å². The molecule has 182 valence electrons. The highest BCUT2D eigenvalue weighted by Gasteiger charge is 2.18. The van der Waals surface area contributed by atoms with E-state index in [1.807, 2.05) is 6.07 Å². The first-order valence-electron chi connectivity index (χ1n) is 11.0. The third-order valence-electron chi connectivity index (χ3n) is 5.03. The lowest BCUT2D eigenvalue weighted by Crippen LogP contribution is -2.26. The zero-order valence-corrected chi connectivity index (χ0v) is 20.1. The topological polar surface area (TPSA) is 117 Å². The molecule has 8 nitrogen and oxygen atoms in total. The van der Waals surface area contributed by atoms with E-state index in [2.05, 4.69) is 16.0 Å². The summed E-state index contributed by atoms with van der Waals surface area (Å²) in [6.07, 6.45) is -0.541. The van der Waals surface area contributed by atoms with Gasteiger partial charge in [-0.25, -0.2) is 4.79 Å². The van der Waals surface area contributed by atoms with Crippen LogP contribution in [0.15, 0.2) is 60.7 Å². The van der Waals surface area contributed by atoms with Crippen molar-refractivity contribution >= 4 is 46.4 Å². The number of aliphatic hydroxyl groups excluding tert-OH is 1. The van der Waals surface area contributed by atoms with Gasteiger partial charge in [-0.15, -0.1) is 0 Å². The van der Waals surface area contributed by atoms with Gasteiger partial charge in [0.05, 0.1) is 18.2 Å². The number of carbonyl (C=O) groups excluding carboxylic acids is 3. The van der Waals surface area contributed by atoms with Crippen LogP contribution in [0.5, 0.6) is 0 Å². The molecule has 0 atom stereocenters. The second kappa shape index (κ2) is 12.0. The number of ether oxygens (including phenoxy) is 1. The molecule has 3 rings (SSSR count). The van der Waals surface area contributed by atoms with Crippen molar-refractivity contribution < 1.29 is 24.2 Å². The summed E-state index contributed by atoms with van der Waals surface area (Å²) in [4.78, 5) is 37.1. The molecule has 4 N–H and O–H groups in total. The lowest BCUT2D eigenvalue weighted by Gasteiger charge is -2.12. The maximum absolute atomic E-state index is 13.2. The minimum absolute atomic E-state index is 0.123. The van der Waals surface area contributed by atoms with Gasteiger partial charge < -0.3 is 20.5 Å². The van der Waals surface area contributed by atoms with Crippen molar-refractivity contribution in [2.75, 3.05) is 30.4 Å². The molecule has 2 amide bonds. The number of amides is 2. The third-order valence-corrected chi connectivity index (χ3v) is 5.34. The quantitative estimate of drug-likeness (QED) is 0.313. The molecule has 0 unspecified atom stereocenters. The van der Waals surface area contributed by atoms with Gasteiger partial charge in [0.2, 0.25) is 0 Å². The second-order valence-electron chi connectivity index (χ2n) is 7.58. The Morgan fingerprint density at radius 1 is 0.943 bits per heavy atom. The zero-order valence-electron chi connectivity index (χ0n) is 19.4. The van der Waals surface area contributed by atoms with Crippen molar-refractivity contribution in [1.82, 2.24) is 5.32 Å². The number of benzene rings is 3. The van der Waals surface area contributed by atoms with Crippen LogP contribution < -0.4 is 16.0 Å². The highest BCUT2D eigenvalue weighted by atomic mass is 35.5. The van der Waals surface area contributed by atoms with Gasteiger partial charge in [0, 0.05) is 40.3 Å². The van der Waals surface area contributed by atoms with Crippen molar-refractivity contribution in [1.29, 1.82) is 0 Å². The van der Waals surface area contributed by atoms with Gasteiger partial charge in [-0.2, -0.15) is 0 Å². The van der Waals surface area contributed by atoms with E-state index in [4.69, 9.17) is 21.4 Å². The summed E-state index contributed by atoms with van der Waals surface area (Å²) in [6.45, 7) is 3.73. The van der Waals surface area contributed by atoms with Gasteiger partial charge in [0.15, 0.2) is 5.78 Å². The van der Waals surface area contributed by atoms with Crippen LogP contribution >= 0.6 is 11.6 Å². The Morgan fingerprint density at radius 3 is 2.40 bits per heavy atom. The minimum atomic E-state index is -0.541. The second-order valence-corrected chi connectivity index (χ2v) is 7.99. The molecule has 0 aliphatic carbocycles. The van der Waals surface area contributed by atoms with Crippen LogP contribution in [0, 0.1) is 6.92 Å². The first kappa shape index (κ1) is 25.7. The average molecular weight is 496 g/mol. The van der Waals surface area contributed by atoms with Gasteiger partial charge in [-0.1, -0.05) is 23.7 Å². The van der Waals surface area contributed by atoms with Gasteiger partial charge >= 0.3 is 6.09 Å². The fourth-order valence-electron chi connectivity index (χ4n) is 3.33. The number of carbonyl (C=O) groups is 3. The Kier molecular flexibility index (Phi) is 8.83. The SMILES string of the molecule is CCOC(=O)Nc1cccc(Nc2ccc(C(=O)c3cc(C(=O)NCCO)ccc3C)c(Cl)c2)c1. The Balaban J connectivity index is 1.78. The molecule has 0 aromatic heterocycles. The Morgan fingerprint density at radius 2 is 1.69 bits per heavy atom. The summed E-state index contributed by atoms with van der Waals surface area (Å²) >= 11 is 6.46. The lowest BCUT2D eigenvalue weighted by atomic mass is 9.96. The molecule has 0 spiro atoms. The smallest absolute Gasteiger partial charge is 0.411 e. The van der Waals surface area contributed by atoms with Crippen LogP contribution in [0.1, 0.15) is 38.8 Å². The molecule has 3 aromatic rings. The van der Waals surface area contributed by atoms with Crippen LogP contribution in [0.25, 0.3) is 0 Å². The van der Waals surface area contributed by atoms with Crippen molar-refractivity contribution in [3.63, 3.8) is 0 Å². The Bertz CT molecular complexity index is 1250. The summed E-state index contributed by atoms with van der Waals surface area (Å²) in [6, 6.07) is 16.9. The first-order chi connectivity index (χ1) is 16.8. The zero-order chi connectivity index (χ0) is 25.4. The van der Waals surface area contributed by atoms with E-state index in [1.54, 1.807) is 62.4 Å². The van der Waals surface area contributed by atoms with Gasteiger partial charge in [-0.3, -0.25) is 14.9 Å². The summed E-state index contributed by atoms with van der Waals surface area (Å²) in [5, 5.41) is 17.5. The molecule has 0 aliphatic heterocycles. The standard InChI is InChI=1S/C26H26ClN3O5/c1-3-35-26(34)30-19-6-4-5-18(14-19)29-20-9-10-21(23(27)15-20)24(32)22-13-17(8-7-16(22)2)25(33)28-11-12-31/h4-10,13-15,29,31H,3,11-12H2,1-2H3,(H,28,33)(H,30,34). The highest BCUT2D eigenvalue weighted by Crippen LogP contribution is 2.28. The fraction of sp³-hybridized carbons (Fsp3) is 0.192. The molecule has 0 fully saturated rings. The molecular formula is C26H26ClN3O5. The van der Waals surface area contributed by atoms with E-state index in [0.29, 0.717) is 39.3 Å². The minimum Gasteiger partial charge on any atom is -0.450 e. The molecule has 0 saturated carbocycles. The molecule has 0 saturated heterocycles. The van der Waals surface area contributed by atoms with Gasteiger partial charge in [0.25, 0.3) is 5.91 Å². The lowest BCUT2D eigenvalue weighted by molar-refractivity contribution is 0.0944. The number of aliphatic hydroxyl groups is 1. The van der Waals surface area contributed by atoms with Crippen molar-refractivity contribution in [2.24, 2.45) is 0 Å². The molecule has 3 aromatic carbocycles. The highest BCUT2D eigenvalue weighted by molar-refractivity contribution is 6.35. The monoisotopic (exact) mass is 495 g/mol. The number of hydrogen-bond acceptors (Lipinski definition) is 6. The maximum atomic E-state index is 13.2. The van der Waals surface area contributed by atoms with Crippen LogP contribution in [-0.4, -0.2) is 42.6 Å². The molecule has 0 bridgehead atoms. The van der Waals surface area contributed by atoms with Crippen molar-refractivity contribution in [3.8, 4) is 0 Å². The third kappa shape index (κ3) is 6.81. The number of ketones is 1. The Hall–Kier alpha value is -3.88. The summed E-state index contributed by atoms with van der Waals surface area (Å²) in [7, 11) is 0. The molecule has 0 radical (unpaired) electrons. The van der Waals surface area contributed by atoms with Crippen LogP contribution in [0.2, 0.25) is 5.02 Å². The van der Waals surface area contributed by atoms with E-state index in [-0.39, 0.29) is 36.5 Å². The number of aryl methyl sites for hydroxylation is 1. The van der Waals surface area contributed by atoms with E-state index < -0.39 is 6.09 Å². The predicted octanol–water partition coefficient (Wildman–Crippen LogP) is 4.91. The van der Waals surface area contributed by atoms with E-state index in [9.17, 15) is 14.4 Å². The first-order valence-corrected chi connectivity index (χ1v) is 11.3. The van der Waals surface area contributed by atoms with Crippen LogP contribution in [0.4, 0.5) is 21.9 Å². The summed E-state index contributed by atoms with van der Waals surface area (Å²) in [5.41, 5.74) is 3.59. The molecule has 9 heteroatoms. The molecular weight excluding hydrogens is 470 g/mol. The number of hydrogen-bond donors (Lipinski definition) is 4.